The van der Waals surface area contributed by atoms with Crippen LogP contribution in [0.3, 0.4) is 0 Å². The van der Waals surface area contributed by atoms with Crippen molar-refractivity contribution in [2.45, 2.75) is 19.4 Å². The number of fused-ring (bicyclic) bond motifs is 2. The van der Waals surface area contributed by atoms with Crippen molar-refractivity contribution in [3.8, 4) is 5.75 Å². The van der Waals surface area contributed by atoms with Crippen molar-refractivity contribution in [3.63, 3.8) is 0 Å². The fourth-order valence-corrected chi connectivity index (χ4v) is 4.38. The Kier molecular flexibility index (Phi) is 9.34. The van der Waals surface area contributed by atoms with Crippen molar-refractivity contribution in [2.75, 3.05) is 25.5 Å². The van der Waals surface area contributed by atoms with Crippen LogP contribution >= 0.6 is 0 Å². The maximum Gasteiger partial charge on any atom is 0.411 e. The number of nitro groups is 1. The summed E-state index contributed by atoms with van der Waals surface area (Å²) in [6, 6.07) is 17.8. The molecule has 2 heterocycles. The molecule has 5 rings (SSSR count). The number of aromatic nitrogens is 2. The number of carbonyl (C=O) groups excluding carboxylic acids is 1. The quantitative estimate of drug-likeness (QED) is 0.0864. The molecule has 208 valence electrons. The van der Waals surface area contributed by atoms with E-state index in [1.165, 1.54) is 13.2 Å². The van der Waals surface area contributed by atoms with Crippen LogP contribution in [0.2, 0.25) is 0 Å². The first-order chi connectivity index (χ1) is 19.4. The number of non-ortho nitro benzene ring substituents is 1. The van der Waals surface area contributed by atoms with Gasteiger partial charge in [0, 0.05) is 64.1 Å². The molecule has 40 heavy (non-hydrogen) atoms. The second-order valence-electron chi connectivity index (χ2n) is 9.09. The molecular weight excluding hydrogens is 512 g/mol. The van der Waals surface area contributed by atoms with Crippen LogP contribution in [0.5, 0.6) is 5.75 Å². The molecule has 0 atom stereocenters. The maximum absolute atomic E-state index is 11.3. The van der Waals surface area contributed by atoms with Gasteiger partial charge in [0.2, 0.25) is 0 Å². The van der Waals surface area contributed by atoms with Gasteiger partial charge < -0.3 is 30.9 Å². The van der Waals surface area contributed by atoms with Gasteiger partial charge >= 0.3 is 6.09 Å². The highest BCUT2D eigenvalue weighted by Crippen LogP contribution is 2.24. The lowest BCUT2D eigenvalue weighted by molar-refractivity contribution is -0.384. The Balaban J connectivity index is 0.000000210. The predicted octanol–water partition coefficient (Wildman–Crippen LogP) is 4.96. The van der Waals surface area contributed by atoms with Crippen LogP contribution in [-0.4, -0.2) is 46.3 Å². The Labute approximate surface area is 230 Å². The third-order valence-corrected chi connectivity index (χ3v) is 6.45. The van der Waals surface area contributed by atoms with Gasteiger partial charge in [0.1, 0.15) is 5.75 Å². The second-order valence-corrected chi connectivity index (χ2v) is 9.09. The number of methoxy groups -OCH3 is 1. The van der Waals surface area contributed by atoms with Crippen LogP contribution in [0.15, 0.2) is 73.1 Å². The number of aromatic hydroxyl groups is 1. The van der Waals surface area contributed by atoms with E-state index in [-0.39, 0.29) is 5.69 Å². The van der Waals surface area contributed by atoms with E-state index in [0.717, 1.165) is 57.9 Å². The molecule has 11 nitrogen and oxygen atoms in total. The zero-order chi connectivity index (χ0) is 28.5. The minimum Gasteiger partial charge on any atom is -0.508 e. The molecular formula is C29H32N6O5. The number of hydrogen-bond acceptors (Lipinski definition) is 7. The van der Waals surface area contributed by atoms with Gasteiger partial charge in [0.15, 0.2) is 0 Å². The summed E-state index contributed by atoms with van der Waals surface area (Å²) in [5, 5.41) is 28.3. The number of H-pyrrole nitrogens is 2. The topological polar surface area (TPSA) is 171 Å². The number of carbonyl (C=O) groups is 1. The van der Waals surface area contributed by atoms with Gasteiger partial charge in [-0.05, 0) is 67.4 Å². The summed E-state index contributed by atoms with van der Waals surface area (Å²) in [4.78, 5) is 27.9. The highest BCUT2D eigenvalue weighted by molar-refractivity contribution is 5.91. The number of nitrogens with one attached hydrogen (secondary N) is 4. The first-order valence-corrected chi connectivity index (χ1v) is 12.8. The Morgan fingerprint density at radius 1 is 0.975 bits per heavy atom. The molecule has 0 bridgehead atoms. The van der Waals surface area contributed by atoms with Crippen LogP contribution in [-0.2, 0) is 24.1 Å². The molecule has 3 aromatic carbocycles. The molecule has 0 saturated carbocycles. The molecule has 11 heteroatoms. The zero-order valence-electron chi connectivity index (χ0n) is 22.1. The van der Waals surface area contributed by atoms with Crippen molar-refractivity contribution in [2.24, 2.45) is 5.73 Å². The van der Waals surface area contributed by atoms with Crippen molar-refractivity contribution in [3.05, 3.63) is 99.9 Å². The minimum absolute atomic E-state index is 0.111. The SMILES string of the molecule is COC(=O)Nc1ccc2[nH]cc(CCNCc3ccccc3O)c2c1.NCCc1c[nH]c2ccc([N+](=O)[O-])cc12. The van der Waals surface area contributed by atoms with E-state index in [2.05, 4.69) is 25.3 Å². The first kappa shape index (κ1) is 28.1. The van der Waals surface area contributed by atoms with Gasteiger partial charge in [0.05, 0.1) is 12.0 Å². The molecule has 1 amide bonds. The van der Waals surface area contributed by atoms with E-state index in [4.69, 9.17) is 5.73 Å². The summed E-state index contributed by atoms with van der Waals surface area (Å²) in [6.45, 7) is 1.93. The third kappa shape index (κ3) is 6.95. The van der Waals surface area contributed by atoms with Gasteiger partial charge in [-0.3, -0.25) is 15.4 Å². The van der Waals surface area contributed by atoms with Crippen molar-refractivity contribution >= 4 is 39.3 Å². The molecule has 0 spiro atoms. The number of nitro benzene ring substituents is 1. The number of nitrogens with zero attached hydrogens (tertiary/aromatic N) is 1. The van der Waals surface area contributed by atoms with Crippen molar-refractivity contribution < 1.29 is 19.6 Å². The molecule has 0 radical (unpaired) electrons. The highest BCUT2D eigenvalue weighted by atomic mass is 16.6. The first-order valence-electron chi connectivity index (χ1n) is 12.8. The number of phenols is 1. The number of anilines is 1. The number of amides is 1. The van der Waals surface area contributed by atoms with E-state index < -0.39 is 11.0 Å². The van der Waals surface area contributed by atoms with Gasteiger partial charge in [-0.1, -0.05) is 18.2 Å². The standard InChI is InChI=1S/C19H21N3O3.C10H11N3O2/c1-25-19(24)22-15-6-7-17-16(10-15)13(12-21-17)8-9-20-11-14-4-2-3-5-18(14)23;11-4-3-7-6-12-10-2-1-8(13(14)15)5-9(7)10/h2-7,10,12,20-21,23H,8-9,11H2,1H3,(H,22,24);1-2,5-6,12H,3-4,11H2. The lowest BCUT2D eigenvalue weighted by atomic mass is 10.1. The number of phenolic OH excluding ortho intramolecular Hbond substituents is 1. The van der Waals surface area contributed by atoms with Gasteiger partial charge in [-0.15, -0.1) is 0 Å². The number of ether oxygens (including phenoxy) is 1. The molecule has 7 N–H and O–H groups in total. The summed E-state index contributed by atoms with van der Waals surface area (Å²) < 4.78 is 4.62. The Hall–Kier alpha value is -4.87. The van der Waals surface area contributed by atoms with Crippen LogP contribution in [0.4, 0.5) is 16.2 Å². The van der Waals surface area contributed by atoms with E-state index in [1.807, 2.05) is 48.8 Å². The summed E-state index contributed by atoms with van der Waals surface area (Å²) in [5.41, 5.74) is 11.3. The monoisotopic (exact) mass is 544 g/mol. The zero-order valence-corrected chi connectivity index (χ0v) is 22.1. The van der Waals surface area contributed by atoms with Crippen LogP contribution in [0.1, 0.15) is 16.7 Å². The maximum atomic E-state index is 11.3. The van der Waals surface area contributed by atoms with Gasteiger partial charge in [-0.2, -0.15) is 0 Å². The minimum atomic E-state index is -0.485. The molecule has 0 aliphatic rings. The Bertz CT molecular complexity index is 1610. The normalized spacial score (nSPS) is 10.8. The molecule has 2 aromatic heterocycles. The second kappa shape index (κ2) is 13.3. The Morgan fingerprint density at radius 3 is 2.33 bits per heavy atom. The number of hydrogen-bond donors (Lipinski definition) is 6. The predicted molar refractivity (Wildman–Crippen MR) is 156 cm³/mol. The molecule has 0 saturated heterocycles. The number of benzene rings is 3. The largest absolute Gasteiger partial charge is 0.508 e. The molecule has 0 unspecified atom stereocenters. The number of aromatic amines is 2. The van der Waals surface area contributed by atoms with Crippen molar-refractivity contribution in [1.29, 1.82) is 0 Å². The average Bonchev–Trinajstić information content (AvgIpc) is 3.55. The Morgan fingerprint density at radius 2 is 1.65 bits per heavy atom. The lowest BCUT2D eigenvalue weighted by Gasteiger charge is -2.07. The number of para-hydroxylation sites is 1. The molecule has 0 aliphatic heterocycles. The van der Waals surface area contributed by atoms with Gasteiger partial charge in [-0.25, -0.2) is 4.79 Å². The fraction of sp³-hybridized carbons (Fsp3) is 0.207. The van der Waals surface area contributed by atoms with Gasteiger partial charge in [0.25, 0.3) is 5.69 Å². The van der Waals surface area contributed by atoms with Crippen molar-refractivity contribution in [1.82, 2.24) is 15.3 Å². The molecule has 0 aliphatic carbocycles. The summed E-state index contributed by atoms with van der Waals surface area (Å²) in [7, 11) is 1.34. The molecule has 5 aromatic rings. The summed E-state index contributed by atoms with van der Waals surface area (Å²) >= 11 is 0. The smallest absolute Gasteiger partial charge is 0.411 e. The average molecular weight is 545 g/mol. The van der Waals surface area contributed by atoms with E-state index >= 15 is 0 Å². The van der Waals surface area contributed by atoms with E-state index in [1.54, 1.807) is 18.2 Å². The number of nitrogens with two attached hydrogens (primary N) is 1. The van der Waals surface area contributed by atoms with E-state index in [0.29, 0.717) is 24.5 Å². The summed E-state index contributed by atoms with van der Waals surface area (Å²) in [6.07, 6.45) is 4.90. The lowest BCUT2D eigenvalue weighted by Crippen LogP contribution is -2.16. The fourth-order valence-electron chi connectivity index (χ4n) is 4.38. The van der Waals surface area contributed by atoms with E-state index in [9.17, 15) is 20.0 Å². The molecule has 0 fully saturated rings. The van der Waals surface area contributed by atoms with Crippen LogP contribution < -0.4 is 16.4 Å². The van der Waals surface area contributed by atoms with Crippen LogP contribution in [0.25, 0.3) is 21.8 Å². The van der Waals surface area contributed by atoms with Crippen LogP contribution in [0, 0.1) is 10.1 Å². The highest BCUT2D eigenvalue weighted by Gasteiger charge is 2.10. The summed E-state index contributed by atoms with van der Waals surface area (Å²) in [5.74, 6) is 0.306. The number of rotatable bonds is 9. The third-order valence-electron chi connectivity index (χ3n) is 6.45.